The highest BCUT2D eigenvalue weighted by molar-refractivity contribution is 6.14. The van der Waals surface area contributed by atoms with E-state index in [0.717, 1.165) is 66.3 Å². The minimum atomic E-state index is 0.530. The van der Waals surface area contributed by atoms with Crippen LogP contribution >= 0.6 is 0 Å². The van der Waals surface area contributed by atoms with Crippen LogP contribution in [0.25, 0.3) is 107 Å². The van der Waals surface area contributed by atoms with Gasteiger partial charge in [-0.15, -0.1) is 0 Å². The summed E-state index contributed by atoms with van der Waals surface area (Å²) in [5, 5.41) is 4.67. The maximum atomic E-state index is 5.26. The van der Waals surface area contributed by atoms with Crippen LogP contribution in [0.15, 0.2) is 200 Å². The Bertz CT molecular complexity index is 3200. The topological polar surface area (TPSA) is 82.3 Å². The summed E-state index contributed by atoms with van der Waals surface area (Å²) in [4.78, 5) is 30.7. The normalized spacial score (nSPS) is 11.4. The van der Waals surface area contributed by atoms with Crippen molar-refractivity contribution in [2.24, 2.45) is 0 Å². The number of hydrogen-bond acceptors (Lipinski definition) is 6. The zero-order chi connectivity index (χ0) is 39.1. The van der Waals surface area contributed by atoms with Crippen molar-refractivity contribution in [1.29, 1.82) is 0 Å². The summed E-state index contributed by atoms with van der Waals surface area (Å²) in [6, 6.07) is 68.2. The first-order valence-corrected chi connectivity index (χ1v) is 19.5. The van der Waals surface area contributed by atoms with Gasteiger partial charge in [0.1, 0.15) is 0 Å². The monoisotopic (exact) mass is 755 g/mol. The van der Waals surface area contributed by atoms with Gasteiger partial charge >= 0.3 is 0 Å². The second-order valence-electron chi connectivity index (χ2n) is 14.4. The number of benzene rings is 8. The summed E-state index contributed by atoms with van der Waals surface area (Å²) in [5.74, 6) is 3.41. The molecule has 0 saturated carbocycles. The summed E-state index contributed by atoms with van der Waals surface area (Å²) < 4.78 is 2.34. The van der Waals surface area contributed by atoms with Crippen molar-refractivity contribution < 1.29 is 0 Å². The lowest BCUT2D eigenvalue weighted by Crippen LogP contribution is -2.05. The third-order valence-electron chi connectivity index (χ3n) is 10.7. The highest BCUT2D eigenvalue weighted by Crippen LogP contribution is 2.39. The lowest BCUT2D eigenvalue weighted by molar-refractivity contribution is 1.06. The lowest BCUT2D eigenvalue weighted by Gasteiger charge is -2.16. The van der Waals surface area contributed by atoms with Crippen LogP contribution in [0.4, 0.5) is 0 Å². The Hall–Kier alpha value is -8.16. The molecule has 0 fully saturated rings. The van der Waals surface area contributed by atoms with Gasteiger partial charge in [0.2, 0.25) is 0 Å². The van der Waals surface area contributed by atoms with Crippen LogP contribution in [0.2, 0.25) is 0 Å². The lowest BCUT2D eigenvalue weighted by atomic mass is 10.0. The first-order chi connectivity index (χ1) is 29.2. The maximum absolute atomic E-state index is 5.26. The van der Waals surface area contributed by atoms with E-state index in [1.54, 1.807) is 0 Å². The Balaban J connectivity index is 1.22. The van der Waals surface area contributed by atoms with Crippen LogP contribution in [-0.2, 0) is 0 Å². The molecule has 59 heavy (non-hydrogen) atoms. The second kappa shape index (κ2) is 14.4. The van der Waals surface area contributed by atoms with Gasteiger partial charge in [0.15, 0.2) is 34.9 Å². The fraction of sp³-hybridized carbons (Fsp3) is 0. The molecule has 0 saturated heterocycles. The molecule has 0 atom stereocenters. The van der Waals surface area contributed by atoms with Gasteiger partial charge in [0.05, 0.1) is 16.7 Å². The molecule has 11 aromatic rings. The quantitative estimate of drug-likeness (QED) is 0.161. The molecule has 8 aromatic carbocycles. The molecule has 276 valence electrons. The van der Waals surface area contributed by atoms with Crippen molar-refractivity contribution in [1.82, 2.24) is 34.5 Å². The van der Waals surface area contributed by atoms with Gasteiger partial charge < -0.3 is 4.57 Å². The Kier molecular flexibility index (Phi) is 8.33. The molecule has 0 bridgehead atoms. The Morgan fingerprint density at radius 3 is 1.19 bits per heavy atom. The molecule has 7 nitrogen and oxygen atoms in total. The number of rotatable bonds is 7. The van der Waals surface area contributed by atoms with Crippen LogP contribution in [0.3, 0.4) is 0 Å². The molecule has 3 aromatic heterocycles. The largest absolute Gasteiger partial charge is 0.308 e. The van der Waals surface area contributed by atoms with Crippen molar-refractivity contribution in [3.63, 3.8) is 0 Å². The van der Waals surface area contributed by atoms with Crippen LogP contribution in [0.5, 0.6) is 0 Å². The van der Waals surface area contributed by atoms with Gasteiger partial charge in [-0.3, -0.25) is 0 Å². The summed E-state index contributed by atoms with van der Waals surface area (Å²) in [6.07, 6.45) is 0. The smallest absolute Gasteiger partial charge is 0.166 e. The predicted molar refractivity (Wildman–Crippen MR) is 238 cm³/mol. The van der Waals surface area contributed by atoms with Gasteiger partial charge in [0, 0.05) is 44.2 Å². The van der Waals surface area contributed by atoms with E-state index in [0.29, 0.717) is 34.9 Å². The maximum Gasteiger partial charge on any atom is 0.166 e. The Morgan fingerprint density at radius 1 is 0.271 bits per heavy atom. The number of nitrogens with zero attached hydrogens (tertiary/aromatic N) is 7. The molecule has 0 aliphatic rings. The fourth-order valence-corrected chi connectivity index (χ4v) is 7.83. The van der Waals surface area contributed by atoms with Crippen molar-refractivity contribution in [3.8, 4) is 74.0 Å². The fourth-order valence-electron chi connectivity index (χ4n) is 7.83. The highest BCUT2D eigenvalue weighted by Gasteiger charge is 2.22. The summed E-state index contributed by atoms with van der Waals surface area (Å²) in [5.41, 5.74) is 8.27. The van der Waals surface area contributed by atoms with E-state index >= 15 is 0 Å². The minimum absolute atomic E-state index is 0.530. The Morgan fingerprint density at radius 2 is 0.678 bits per heavy atom. The standard InChI is InChI=1S/C52H33N7/c1-5-17-34(18-6-1)47-53-48(35-19-7-2-8-20-35)56-51(55-47)40-29-30-45(59-44-28-16-15-27-41(44)42-31-38-25-13-14-26-39(38)33-46(42)59)43(32-40)52-57-49(36-21-9-3-10-22-36)54-50(58-52)37-23-11-4-12-24-37/h1-33H. The predicted octanol–water partition coefficient (Wildman–Crippen LogP) is 12.3. The second-order valence-corrected chi connectivity index (χ2v) is 14.4. The number of aromatic nitrogens is 7. The van der Waals surface area contributed by atoms with Gasteiger partial charge in [-0.2, -0.15) is 0 Å². The first-order valence-electron chi connectivity index (χ1n) is 19.5. The Labute approximate surface area is 340 Å². The molecule has 3 heterocycles. The van der Waals surface area contributed by atoms with E-state index in [-0.39, 0.29) is 0 Å². The highest BCUT2D eigenvalue weighted by atomic mass is 15.1. The molecular formula is C52H33N7. The number of hydrogen-bond donors (Lipinski definition) is 0. The molecule has 11 rings (SSSR count). The zero-order valence-electron chi connectivity index (χ0n) is 31.7. The summed E-state index contributed by atoms with van der Waals surface area (Å²) in [7, 11) is 0. The molecule has 0 amide bonds. The first kappa shape index (κ1) is 34.1. The molecule has 0 aliphatic heterocycles. The molecular weight excluding hydrogens is 723 g/mol. The molecule has 0 unspecified atom stereocenters. The van der Waals surface area contributed by atoms with Crippen LogP contribution in [0.1, 0.15) is 0 Å². The zero-order valence-corrected chi connectivity index (χ0v) is 31.7. The third kappa shape index (κ3) is 6.27. The SMILES string of the molecule is c1ccc(-c2nc(-c3ccccc3)nc(-c3ccc(-n4c5ccccc5c5cc6ccccc6cc54)c(-c4nc(-c5ccccc5)nc(-c5ccccc5)n4)c3)n2)cc1. The average Bonchev–Trinajstić information content (AvgIpc) is 3.64. The van der Waals surface area contributed by atoms with Gasteiger partial charge in [-0.05, 0) is 47.2 Å². The van der Waals surface area contributed by atoms with E-state index < -0.39 is 0 Å². The average molecular weight is 756 g/mol. The van der Waals surface area contributed by atoms with E-state index in [4.69, 9.17) is 29.9 Å². The van der Waals surface area contributed by atoms with Crippen LogP contribution < -0.4 is 0 Å². The van der Waals surface area contributed by atoms with E-state index in [2.05, 4.69) is 83.4 Å². The van der Waals surface area contributed by atoms with Crippen molar-refractivity contribution in [2.45, 2.75) is 0 Å². The summed E-state index contributed by atoms with van der Waals surface area (Å²) >= 11 is 0. The third-order valence-corrected chi connectivity index (χ3v) is 10.7. The molecule has 0 radical (unpaired) electrons. The van der Waals surface area contributed by atoms with Gasteiger partial charge in [-0.25, -0.2) is 29.9 Å². The van der Waals surface area contributed by atoms with Gasteiger partial charge in [0.25, 0.3) is 0 Å². The van der Waals surface area contributed by atoms with Crippen molar-refractivity contribution in [3.05, 3.63) is 200 Å². The van der Waals surface area contributed by atoms with E-state index in [9.17, 15) is 0 Å². The molecule has 7 heteroatoms. The van der Waals surface area contributed by atoms with Crippen LogP contribution in [-0.4, -0.2) is 34.5 Å². The molecule has 0 aliphatic carbocycles. The van der Waals surface area contributed by atoms with Crippen molar-refractivity contribution in [2.75, 3.05) is 0 Å². The number of para-hydroxylation sites is 1. The van der Waals surface area contributed by atoms with E-state index in [1.807, 2.05) is 121 Å². The summed E-state index contributed by atoms with van der Waals surface area (Å²) in [6.45, 7) is 0. The molecule has 0 N–H and O–H groups in total. The van der Waals surface area contributed by atoms with Crippen molar-refractivity contribution >= 4 is 32.6 Å². The van der Waals surface area contributed by atoms with Gasteiger partial charge in [-0.1, -0.05) is 164 Å². The van der Waals surface area contributed by atoms with Crippen LogP contribution in [0, 0.1) is 0 Å². The number of fused-ring (bicyclic) bond motifs is 4. The minimum Gasteiger partial charge on any atom is -0.308 e. The van der Waals surface area contributed by atoms with E-state index in [1.165, 1.54) is 5.39 Å². The molecule has 0 spiro atoms.